The zero-order valence-corrected chi connectivity index (χ0v) is 20.4. The van der Waals surface area contributed by atoms with E-state index < -0.39 is 47.8 Å². The summed E-state index contributed by atoms with van der Waals surface area (Å²) in [5.74, 6) is -3.47. The van der Waals surface area contributed by atoms with Crippen molar-refractivity contribution in [2.75, 3.05) is 11.6 Å². The molecular formula is C25H27N3O7S. The van der Waals surface area contributed by atoms with Crippen LogP contribution in [0.3, 0.4) is 0 Å². The van der Waals surface area contributed by atoms with E-state index in [1.165, 1.54) is 23.6 Å². The lowest BCUT2D eigenvalue weighted by atomic mass is 10.0. The summed E-state index contributed by atoms with van der Waals surface area (Å²) in [6.07, 6.45) is -0.779. The Bertz CT molecular complexity index is 1100. The summed E-state index contributed by atoms with van der Waals surface area (Å²) < 4.78 is 5.15. The quantitative estimate of drug-likeness (QED) is 0.407. The van der Waals surface area contributed by atoms with Gasteiger partial charge in [-0.15, -0.1) is 11.8 Å². The zero-order valence-electron chi connectivity index (χ0n) is 19.6. The number of carbonyl (C=O) groups is 5. The van der Waals surface area contributed by atoms with Crippen molar-refractivity contribution < 1.29 is 33.8 Å². The lowest BCUT2D eigenvalue weighted by molar-refractivity contribution is -0.150. The number of rotatable bonds is 10. The number of ketones is 1. The van der Waals surface area contributed by atoms with E-state index in [1.807, 2.05) is 18.2 Å². The minimum absolute atomic E-state index is 0.00324. The predicted molar refractivity (Wildman–Crippen MR) is 132 cm³/mol. The molecule has 3 atom stereocenters. The Kier molecular flexibility index (Phi) is 9.46. The van der Waals surface area contributed by atoms with Gasteiger partial charge in [-0.1, -0.05) is 60.7 Å². The highest BCUT2D eigenvalue weighted by Crippen LogP contribution is 2.22. The fourth-order valence-electron chi connectivity index (χ4n) is 3.61. The number of Topliss-reactive ketones (excluding diaryl/α,β-unsaturated/α-hetero) is 1. The van der Waals surface area contributed by atoms with Crippen molar-refractivity contribution in [1.29, 1.82) is 0 Å². The van der Waals surface area contributed by atoms with Gasteiger partial charge >= 0.3 is 12.1 Å². The van der Waals surface area contributed by atoms with Crippen LogP contribution >= 0.6 is 11.8 Å². The van der Waals surface area contributed by atoms with Gasteiger partial charge in [-0.2, -0.15) is 0 Å². The second kappa shape index (κ2) is 12.7. The van der Waals surface area contributed by atoms with Crippen molar-refractivity contribution in [3.05, 3.63) is 71.8 Å². The van der Waals surface area contributed by atoms with Gasteiger partial charge in [0.2, 0.25) is 11.8 Å². The number of hydrogen-bond acceptors (Lipinski definition) is 7. The number of carboxylic acids is 1. The first kappa shape index (κ1) is 26.7. The molecule has 3 amide bonds. The van der Waals surface area contributed by atoms with Crippen LogP contribution in [-0.4, -0.2) is 69.4 Å². The number of benzene rings is 2. The smallest absolute Gasteiger partial charge is 0.408 e. The van der Waals surface area contributed by atoms with Gasteiger partial charge < -0.3 is 25.4 Å². The molecule has 0 bridgehead atoms. The maximum Gasteiger partial charge on any atom is 0.408 e. The first-order valence-electron chi connectivity index (χ1n) is 11.2. The molecule has 1 saturated heterocycles. The largest absolute Gasteiger partial charge is 0.475 e. The molecule has 10 nitrogen and oxygen atoms in total. The van der Waals surface area contributed by atoms with Gasteiger partial charge in [-0.05, 0) is 18.1 Å². The summed E-state index contributed by atoms with van der Waals surface area (Å²) >= 11 is 1.34. The van der Waals surface area contributed by atoms with E-state index in [-0.39, 0.29) is 24.7 Å². The number of alkyl carbamates (subject to hydrolysis) is 1. The SMILES string of the molecule is C[C@H](NC(=O)OCc1ccccc1)C(=O)N1CSC[C@H]1C(=O)N[C@@H](Cc1ccccc1)C(=O)C(=O)O. The molecule has 0 unspecified atom stereocenters. The Balaban J connectivity index is 1.59. The average molecular weight is 514 g/mol. The first-order valence-corrected chi connectivity index (χ1v) is 12.4. The van der Waals surface area contributed by atoms with Crippen LogP contribution in [0.15, 0.2) is 60.7 Å². The van der Waals surface area contributed by atoms with E-state index in [4.69, 9.17) is 4.74 Å². The van der Waals surface area contributed by atoms with E-state index in [2.05, 4.69) is 10.6 Å². The summed E-state index contributed by atoms with van der Waals surface area (Å²) in [4.78, 5) is 63.0. The fraction of sp³-hybridized carbons (Fsp3) is 0.320. The minimum atomic E-state index is -1.66. The Hall–Kier alpha value is -3.86. The van der Waals surface area contributed by atoms with Gasteiger partial charge in [0.25, 0.3) is 5.78 Å². The highest BCUT2D eigenvalue weighted by atomic mass is 32.2. The number of aliphatic carboxylic acids is 1. The van der Waals surface area contributed by atoms with Crippen molar-refractivity contribution in [3.8, 4) is 0 Å². The summed E-state index contributed by atoms with van der Waals surface area (Å²) in [5.41, 5.74) is 1.47. The van der Waals surface area contributed by atoms with Crippen LogP contribution in [0.25, 0.3) is 0 Å². The topological polar surface area (TPSA) is 142 Å². The molecule has 190 valence electrons. The third-order valence-electron chi connectivity index (χ3n) is 5.51. The molecule has 0 aliphatic carbocycles. The maximum atomic E-state index is 13.0. The van der Waals surface area contributed by atoms with Crippen LogP contribution in [0.1, 0.15) is 18.1 Å². The Morgan fingerprint density at radius 2 is 1.61 bits per heavy atom. The van der Waals surface area contributed by atoms with Crippen LogP contribution in [0, 0.1) is 0 Å². The Labute approximate surface area is 212 Å². The second-order valence-corrected chi connectivity index (χ2v) is 9.17. The zero-order chi connectivity index (χ0) is 26.1. The van der Waals surface area contributed by atoms with Crippen molar-refractivity contribution in [1.82, 2.24) is 15.5 Å². The molecule has 1 heterocycles. The first-order chi connectivity index (χ1) is 17.3. The Morgan fingerprint density at radius 1 is 1.00 bits per heavy atom. The van der Waals surface area contributed by atoms with Crippen molar-refractivity contribution >= 4 is 41.4 Å². The lowest BCUT2D eigenvalue weighted by Gasteiger charge is -2.27. The number of amides is 3. The number of ether oxygens (including phenoxy) is 1. The van der Waals surface area contributed by atoms with Gasteiger partial charge in [0.15, 0.2) is 0 Å². The molecule has 3 N–H and O–H groups in total. The number of nitrogens with zero attached hydrogens (tertiary/aromatic N) is 1. The molecule has 3 rings (SSSR count). The van der Waals surface area contributed by atoms with Crippen molar-refractivity contribution in [3.63, 3.8) is 0 Å². The molecule has 0 saturated carbocycles. The van der Waals surface area contributed by atoms with Crippen LogP contribution in [0.5, 0.6) is 0 Å². The van der Waals surface area contributed by atoms with Crippen LogP contribution in [0.2, 0.25) is 0 Å². The molecule has 0 radical (unpaired) electrons. The standard InChI is InChI=1S/C25H27N3O7S/c1-16(26-25(34)35-13-18-10-6-3-7-11-18)23(31)28-15-36-14-20(28)22(30)27-19(21(29)24(32)33)12-17-8-4-2-5-9-17/h2-11,16,19-20H,12-15H2,1H3,(H,26,34)(H,27,30)(H,32,33)/t16-,19-,20-/m0/s1. The molecule has 0 aromatic heterocycles. The van der Waals surface area contributed by atoms with Gasteiger partial charge in [0.05, 0.1) is 5.88 Å². The molecule has 11 heteroatoms. The van der Waals surface area contributed by atoms with Crippen LogP contribution < -0.4 is 10.6 Å². The van der Waals surface area contributed by atoms with Crippen molar-refractivity contribution in [2.45, 2.75) is 38.1 Å². The Morgan fingerprint density at radius 3 is 2.22 bits per heavy atom. The van der Waals surface area contributed by atoms with Gasteiger partial charge in [0.1, 0.15) is 24.7 Å². The molecule has 2 aromatic carbocycles. The highest BCUT2D eigenvalue weighted by Gasteiger charge is 2.39. The van der Waals surface area contributed by atoms with E-state index >= 15 is 0 Å². The van der Waals surface area contributed by atoms with E-state index in [9.17, 15) is 29.1 Å². The monoisotopic (exact) mass is 513 g/mol. The molecule has 1 fully saturated rings. The number of carbonyl (C=O) groups excluding carboxylic acids is 4. The minimum Gasteiger partial charge on any atom is -0.475 e. The molecule has 1 aliphatic rings. The lowest BCUT2D eigenvalue weighted by Crippen LogP contribution is -2.56. The summed E-state index contributed by atoms with van der Waals surface area (Å²) in [7, 11) is 0. The van der Waals surface area contributed by atoms with Gasteiger partial charge in [0, 0.05) is 12.2 Å². The summed E-state index contributed by atoms with van der Waals surface area (Å²) in [5, 5.41) is 14.2. The highest BCUT2D eigenvalue weighted by molar-refractivity contribution is 7.99. The normalized spacial score (nSPS) is 16.5. The average Bonchev–Trinajstić information content (AvgIpc) is 3.37. The van der Waals surface area contributed by atoms with Gasteiger partial charge in [-0.3, -0.25) is 14.4 Å². The van der Waals surface area contributed by atoms with Crippen LogP contribution in [-0.2, 0) is 36.9 Å². The van der Waals surface area contributed by atoms with Crippen molar-refractivity contribution in [2.24, 2.45) is 0 Å². The maximum absolute atomic E-state index is 13.0. The second-order valence-electron chi connectivity index (χ2n) is 8.17. The third kappa shape index (κ3) is 7.32. The fourth-order valence-corrected chi connectivity index (χ4v) is 4.77. The number of thioether (sulfide) groups is 1. The predicted octanol–water partition coefficient (Wildman–Crippen LogP) is 1.58. The number of hydrogen-bond donors (Lipinski definition) is 3. The number of carboxylic acid groups (broad SMARTS) is 1. The van der Waals surface area contributed by atoms with E-state index in [0.29, 0.717) is 5.56 Å². The molecule has 2 aromatic rings. The molecular weight excluding hydrogens is 486 g/mol. The van der Waals surface area contributed by atoms with Crippen LogP contribution in [0.4, 0.5) is 4.79 Å². The molecule has 0 spiro atoms. The molecule has 36 heavy (non-hydrogen) atoms. The van der Waals surface area contributed by atoms with E-state index in [1.54, 1.807) is 42.5 Å². The van der Waals surface area contributed by atoms with Gasteiger partial charge in [-0.25, -0.2) is 9.59 Å². The summed E-state index contributed by atoms with van der Waals surface area (Å²) in [6.45, 7) is 1.52. The van der Waals surface area contributed by atoms with E-state index in [0.717, 1.165) is 5.56 Å². The summed E-state index contributed by atoms with van der Waals surface area (Å²) in [6, 6.07) is 14.6. The number of nitrogens with one attached hydrogen (secondary N) is 2. The third-order valence-corrected chi connectivity index (χ3v) is 6.52. The molecule has 1 aliphatic heterocycles.